The van der Waals surface area contributed by atoms with Crippen LogP contribution in [0.15, 0.2) is 28.9 Å². The lowest BCUT2D eigenvalue weighted by molar-refractivity contribution is -0.172. The molecule has 0 spiro atoms. The fourth-order valence-corrected chi connectivity index (χ4v) is 8.64. The van der Waals surface area contributed by atoms with E-state index >= 15 is 0 Å². The number of carbonyl (C=O) groups is 3. The summed E-state index contributed by atoms with van der Waals surface area (Å²) >= 11 is 3.72. The lowest BCUT2D eigenvalue weighted by Gasteiger charge is -2.44. The zero-order valence-electron chi connectivity index (χ0n) is 24.9. The molecular weight excluding hydrogens is 598 g/mol. The van der Waals surface area contributed by atoms with Crippen molar-refractivity contribution in [2.45, 2.75) is 83.5 Å². The minimum absolute atomic E-state index is 0.0113. The number of hydrogen-bond acceptors (Lipinski definition) is 5. The molecule has 5 aliphatic rings. The van der Waals surface area contributed by atoms with Gasteiger partial charge in [-0.2, -0.15) is 0 Å². The van der Waals surface area contributed by atoms with Crippen LogP contribution in [0.2, 0.25) is 0 Å². The number of fused-ring (bicyclic) bond motifs is 5. The Morgan fingerprint density at radius 3 is 2.76 bits per heavy atom. The van der Waals surface area contributed by atoms with Gasteiger partial charge in [-0.05, 0) is 77.3 Å². The first-order chi connectivity index (χ1) is 20.0. The molecule has 224 valence electrons. The Bertz CT molecular complexity index is 1520. The molecule has 3 fully saturated rings. The molecule has 1 aromatic heterocycles. The summed E-state index contributed by atoms with van der Waals surface area (Å²) < 4.78 is 7.71. The average Bonchev–Trinajstić information content (AvgIpc) is 3.63. The Labute approximate surface area is 255 Å². The number of aromatic nitrogens is 1. The maximum atomic E-state index is 14.4. The van der Waals surface area contributed by atoms with E-state index in [1.807, 2.05) is 24.8 Å². The van der Waals surface area contributed by atoms with Crippen LogP contribution in [0, 0.1) is 17.8 Å². The van der Waals surface area contributed by atoms with Gasteiger partial charge >= 0.3 is 0 Å². The number of nitrogens with one attached hydrogen (secondary N) is 2. The average molecular weight is 639 g/mol. The highest BCUT2D eigenvalue weighted by Gasteiger charge is 2.64. The Hall–Kier alpha value is -2.69. The van der Waals surface area contributed by atoms with Crippen molar-refractivity contribution in [1.29, 1.82) is 0 Å². The van der Waals surface area contributed by atoms with E-state index in [1.165, 1.54) is 10.9 Å². The number of amides is 3. The van der Waals surface area contributed by atoms with E-state index in [4.69, 9.17) is 4.74 Å². The predicted molar refractivity (Wildman–Crippen MR) is 163 cm³/mol. The number of carbonyl (C=O) groups excluding carboxylic acids is 3. The highest BCUT2D eigenvalue weighted by molar-refractivity contribution is 9.10. The minimum Gasteiger partial charge on any atom is -0.349 e. The monoisotopic (exact) mass is 637 g/mol. The van der Waals surface area contributed by atoms with E-state index < -0.39 is 23.9 Å². The van der Waals surface area contributed by atoms with Crippen molar-refractivity contribution in [3.63, 3.8) is 0 Å². The van der Waals surface area contributed by atoms with Gasteiger partial charge in [0.05, 0.1) is 16.6 Å². The summed E-state index contributed by atoms with van der Waals surface area (Å²) in [5, 5.41) is 4.34. The fraction of sp³-hybridized carbons (Fsp3) is 0.594. The zero-order valence-corrected chi connectivity index (χ0v) is 26.5. The molecule has 3 amide bonds. The number of piperazine rings is 1. The first-order valence-electron chi connectivity index (χ1n) is 15.4. The number of benzene rings is 1. The highest BCUT2D eigenvalue weighted by atomic mass is 79.9. The zero-order chi connectivity index (χ0) is 29.7. The SMILES string of the molecule is CC(C)C[C@@H]1C(=O)N2CCC[C@@H]2[C@@H]2O[C@](NC(=O)[C@H]3C=C4c5cccc6[nH]c(Br)c(c56)C[C@@H]4N(C)C3)(C(C)C)C(=O)N12. The van der Waals surface area contributed by atoms with E-state index in [0.29, 0.717) is 19.5 Å². The number of ether oxygens (including phenoxy) is 1. The van der Waals surface area contributed by atoms with Crippen LogP contribution in [0.4, 0.5) is 0 Å². The molecule has 2 N–H and O–H groups in total. The predicted octanol–water partition coefficient (Wildman–Crippen LogP) is 3.87. The second-order valence-corrected chi connectivity index (χ2v) is 14.3. The van der Waals surface area contributed by atoms with E-state index in [2.05, 4.69) is 70.2 Å². The summed E-state index contributed by atoms with van der Waals surface area (Å²) in [6.45, 7) is 9.19. The van der Waals surface area contributed by atoms with Gasteiger partial charge < -0.3 is 19.9 Å². The third-order valence-corrected chi connectivity index (χ3v) is 10.8. The summed E-state index contributed by atoms with van der Waals surface area (Å²) in [6, 6.07) is 5.67. The van der Waals surface area contributed by atoms with E-state index in [-0.39, 0.29) is 41.6 Å². The molecule has 0 saturated carbocycles. The van der Waals surface area contributed by atoms with E-state index in [0.717, 1.165) is 40.5 Å². The Morgan fingerprint density at radius 1 is 1.24 bits per heavy atom. The van der Waals surface area contributed by atoms with Crippen LogP contribution in [0.3, 0.4) is 0 Å². The maximum Gasteiger partial charge on any atom is 0.279 e. The normalized spacial score (nSPS) is 32.5. The third kappa shape index (κ3) is 3.97. The van der Waals surface area contributed by atoms with Gasteiger partial charge in [0.2, 0.25) is 17.5 Å². The van der Waals surface area contributed by atoms with Gasteiger partial charge in [-0.25, -0.2) is 0 Å². The van der Waals surface area contributed by atoms with Crippen molar-refractivity contribution >= 4 is 50.1 Å². The lowest BCUT2D eigenvalue weighted by Crippen LogP contribution is -2.65. The van der Waals surface area contributed by atoms with Crippen LogP contribution in [0.5, 0.6) is 0 Å². The van der Waals surface area contributed by atoms with Crippen LogP contribution in [0.1, 0.15) is 58.1 Å². The Kier molecular flexibility index (Phi) is 6.64. The topological polar surface area (TPSA) is 98.0 Å². The fourth-order valence-electron chi connectivity index (χ4n) is 8.07. The molecule has 6 atom stereocenters. The summed E-state index contributed by atoms with van der Waals surface area (Å²) in [5.74, 6) is -1.06. The number of aromatic amines is 1. The molecule has 0 radical (unpaired) electrons. The van der Waals surface area contributed by atoms with Gasteiger partial charge in [0.15, 0.2) is 6.23 Å². The number of halogens is 1. The van der Waals surface area contributed by atoms with Gasteiger partial charge in [0.25, 0.3) is 5.91 Å². The summed E-state index contributed by atoms with van der Waals surface area (Å²) in [7, 11) is 2.07. The number of likely N-dealkylation sites (N-methyl/N-ethyl adjacent to an activating group) is 1. The molecule has 1 aliphatic carbocycles. The number of rotatable bonds is 5. The second kappa shape index (κ2) is 9.92. The molecule has 0 unspecified atom stereocenters. The Morgan fingerprint density at radius 2 is 2.02 bits per heavy atom. The van der Waals surface area contributed by atoms with E-state index in [9.17, 15) is 14.4 Å². The van der Waals surface area contributed by atoms with Gasteiger partial charge in [-0.15, -0.1) is 0 Å². The number of hydrogen-bond donors (Lipinski definition) is 2. The number of nitrogens with zero attached hydrogens (tertiary/aromatic N) is 3. The first-order valence-corrected chi connectivity index (χ1v) is 16.2. The van der Waals surface area contributed by atoms with E-state index in [1.54, 1.807) is 4.90 Å². The standard InChI is InChI=1S/C32H40BrN5O4/c1-16(2)12-25-29(40)37-11-7-10-23(37)30-38(25)31(41)32(42-30,17(3)4)35-28(39)18-13-20-19-8-6-9-22-26(19)21(27(33)34-22)14-24(20)36(5)15-18/h6,8-9,13,16-18,23-25,30,34H,7,10-12,14-15H2,1-5H3,(H,35,39)/t18-,23+,24-,25+,30-,32+/m0/s1. The molecule has 5 heterocycles. The van der Waals surface area contributed by atoms with Crippen LogP contribution < -0.4 is 5.32 Å². The highest BCUT2D eigenvalue weighted by Crippen LogP contribution is 2.45. The number of H-pyrrole nitrogens is 1. The van der Waals surface area contributed by atoms with Crippen molar-refractivity contribution in [2.24, 2.45) is 17.8 Å². The van der Waals surface area contributed by atoms with Crippen molar-refractivity contribution in [3.05, 3.63) is 40.0 Å². The molecule has 4 aliphatic heterocycles. The second-order valence-electron chi connectivity index (χ2n) is 13.5. The van der Waals surface area contributed by atoms with Crippen LogP contribution in [0.25, 0.3) is 16.5 Å². The summed E-state index contributed by atoms with van der Waals surface area (Å²) in [5.41, 5.74) is 3.12. The maximum absolute atomic E-state index is 14.4. The van der Waals surface area contributed by atoms with Crippen LogP contribution in [-0.4, -0.2) is 87.6 Å². The smallest absolute Gasteiger partial charge is 0.279 e. The first kappa shape index (κ1) is 28.1. The molecule has 1 aromatic carbocycles. The molecule has 10 heteroatoms. The van der Waals surface area contributed by atoms with Gasteiger partial charge in [0, 0.05) is 36.0 Å². The molecule has 0 bridgehead atoms. The largest absolute Gasteiger partial charge is 0.349 e. The van der Waals surface area contributed by atoms with Crippen LogP contribution >= 0.6 is 15.9 Å². The van der Waals surface area contributed by atoms with Crippen molar-refractivity contribution in [3.8, 4) is 0 Å². The quantitative estimate of drug-likeness (QED) is 0.519. The van der Waals surface area contributed by atoms with Gasteiger partial charge in [-0.3, -0.25) is 24.2 Å². The third-order valence-electron chi connectivity index (χ3n) is 10.2. The summed E-state index contributed by atoms with van der Waals surface area (Å²) in [6.07, 6.45) is 4.65. The van der Waals surface area contributed by atoms with Crippen molar-refractivity contribution in [2.75, 3.05) is 20.1 Å². The molecule has 7 rings (SSSR count). The molecule has 2 aromatic rings. The lowest BCUT2D eigenvalue weighted by atomic mass is 9.79. The Balaban J connectivity index is 1.23. The van der Waals surface area contributed by atoms with Crippen LogP contribution in [-0.2, 0) is 25.5 Å². The molecule has 3 saturated heterocycles. The van der Waals surface area contributed by atoms with Gasteiger partial charge in [0.1, 0.15) is 6.04 Å². The molecular formula is C32H40BrN5O4. The molecule has 42 heavy (non-hydrogen) atoms. The van der Waals surface area contributed by atoms with Gasteiger partial charge in [-0.1, -0.05) is 45.9 Å². The van der Waals surface area contributed by atoms with Crippen molar-refractivity contribution < 1.29 is 19.1 Å². The minimum atomic E-state index is -1.52. The summed E-state index contributed by atoms with van der Waals surface area (Å²) in [4.78, 5) is 51.4. The van der Waals surface area contributed by atoms with Crippen molar-refractivity contribution in [1.82, 2.24) is 25.0 Å². The molecule has 9 nitrogen and oxygen atoms in total.